The van der Waals surface area contributed by atoms with Crippen LogP contribution in [0.3, 0.4) is 0 Å². The molecule has 0 aliphatic carbocycles. The third-order valence-corrected chi connectivity index (χ3v) is 2.31. The van der Waals surface area contributed by atoms with E-state index < -0.39 is 12.4 Å². The summed E-state index contributed by atoms with van der Waals surface area (Å²) in [6.07, 6.45) is -1.59. The fraction of sp³-hybridized carbons (Fsp3) is 0.400. The van der Waals surface area contributed by atoms with Gasteiger partial charge in [-0.25, -0.2) is 4.79 Å². The lowest BCUT2D eigenvalue weighted by atomic mass is 10.6. The lowest BCUT2D eigenvalue weighted by Gasteiger charge is -2.02. The molecule has 6 nitrogen and oxygen atoms in total. The molecule has 0 N–H and O–H groups in total. The quantitative estimate of drug-likeness (QED) is 0.652. The van der Waals surface area contributed by atoms with Crippen LogP contribution in [0.15, 0.2) is 4.79 Å². The molecule has 1 aromatic heterocycles. The molecule has 2 heterocycles. The van der Waals surface area contributed by atoms with Gasteiger partial charge in [0.1, 0.15) is 0 Å². The molecule has 0 aromatic carbocycles. The minimum absolute atomic E-state index is 0.0151. The van der Waals surface area contributed by atoms with Crippen molar-refractivity contribution in [3.05, 3.63) is 14.1 Å². The summed E-state index contributed by atoms with van der Waals surface area (Å²) in [7, 11) is 0. The van der Waals surface area contributed by atoms with Gasteiger partial charge in [-0.2, -0.15) is 4.68 Å². The average Bonchev–Trinajstić information content (AvgIpc) is 2.58. The van der Waals surface area contributed by atoms with Crippen LogP contribution in [0.1, 0.15) is 6.23 Å². The Balaban J connectivity index is 2.30. The van der Waals surface area contributed by atoms with E-state index >= 15 is 0 Å². The highest BCUT2D eigenvalue weighted by molar-refractivity contribution is 7.13. The van der Waals surface area contributed by atoms with E-state index in [4.69, 9.17) is 11.6 Å². The molecule has 1 fully saturated rings. The Hall–Kier alpha value is -1.08. The summed E-state index contributed by atoms with van der Waals surface area (Å²) >= 11 is 6.26. The summed E-state index contributed by atoms with van der Waals surface area (Å²) in [5.74, 6) is 0. The van der Waals surface area contributed by atoms with Gasteiger partial charge < -0.3 is 9.47 Å². The first-order chi connectivity index (χ1) is 6.16. The monoisotopic (exact) mass is 222 g/mol. The molecular formula is C5H3ClN2O4S. The van der Waals surface area contributed by atoms with Crippen molar-refractivity contribution in [3.63, 3.8) is 0 Å². The van der Waals surface area contributed by atoms with E-state index in [0.29, 0.717) is 0 Å². The first-order valence-electron chi connectivity index (χ1n) is 3.25. The standard InChI is InChI=1S/C5H3ClN2O4S/c6-3-7-8(4(9)13-3)2-1-11-5(10)12-2/h2H,1H2. The number of cyclic esters (lactones) is 2. The van der Waals surface area contributed by atoms with Gasteiger partial charge in [-0.3, -0.25) is 4.79 Å². The van der Waals surface area contributed by atoms with E-state index in [2.05, 4.69) is 14.6 Å². The number of nitrogens with zero attached hydrogens (tertiary/aromatic N) is 2. The van der Waals surface area contributed by atoms with Crippen LogP contribution in [0, 0.1) is 0 Å². The highest BCUT2D eigenvalue weighted by Gasteiger charge is 2.29. The van der Waals surface area contributed by atoms with Gasteiger partial charge in [-0.15, -0.1) is 5.10 Å². The summed E-state index contributed by atoms with van der Waals surface area (Å²) < 4.78 is 10.2. The lowest BCUT2D eigenvalue weighted by molar-refractivity contribution is 0.0876. The third kappa shape index (κ3) is 1.52. The fourth-order valence-corrected chi connectivity index (χ4v) is 1.69. The van der Waals surface area contributed by atoms with E-state index in [9.17, 15) is 9.59 Å². The number of hydrogen-bond donors (Lipinski definition) is 0. The maximum absolute atomic E-state index is 11.1. The zero-order chi connectivity index (χ0) is 9.42. The molecule has 0 spiro atoms. The smallest absolute Gasteiger partial charge is 0.428 e. The SMILES string of the molecule is O=C1OCC(n2nc(Cl)sc2=O)O1. The maximum Gasteiger partial charge on any atom is 0.510 e. The lowest BCUT2D eigenvalue weighted by Crippen LogP contribution is -2.22. The molecule has 1 unspecified atom stereocenters. The topological polar surface area (TPSA) is 70.4 Å². The van der Waals surface area contributed by atoms with Crippen molar-refractivity contribution in [1.82, 2.24) is 9.78 Å². The molecule has 1 aliphatic rings. The Bertz CT molecular complexity index is 399. The molecule has 70 valence electrons. The van der Waals surface area contributed by atoms with E-state index in [1.54, 1.807) is 0 Å². The summed E-state index contributed by atoms with van der Waals surface area (Å²) in [5, 5.41) is 3.66. The van der Waals surface area contributed by atoms with Gasteiger partial charge in [-0.05, 0) is 22.9 Å². The van der Waals surface area contributed by atoms with Gasteiger partial charge in [0.25, 0.3) is 0 Å². The Morgan fingerprint density at radius 2 is 2.38 bits per heavy atom. The second kappa shape index (κ2) is 3.00. The summed E-state index contributed by atoms with van der Waals surface area (Å²) in [6, 6.07) is 0. The van der Waals surface area contributed by atoms with Crippen LogP contribution in [0.2, 0.25) is 4.47 Å². The number of ether oxygens (including phenoxy) is 2. The molecule has 1 aromatic rings. The normalized spacial score (nSPS) is 21.3. The molecule has 0 saturated carbocycles. The van der Waals surface area contributed by atoms with Crippen molar-refractivity contribution in [2.75, 3.05) is 6.61 Å². The molecule has 2 rings (SSSR count). The van der Waals surface area contributed by atoms with E-state index in [1.807, 2.05) is 0 Å². The second-order valence-electron chi connectivity index (χ2n) is 2.20. The van der Waals surface area contributed by atoms with Crippen molar-refractivity contribution in [2.24, 2.45) is 0 Å². The van der Waals surface area contributed by atoms with Crippen LogP contribution in [-0.2, 0) is 9.47 Å². The zero-order valence-corrected chi connectivity index (χ0v) is 7.67. The molecular weight excluding hydrogens is 220 g/mol. The summed E-state index contributed by atoms with van der Waals surface area (Å²) in [4.78, 5) is 21.3. The molecule has 0 amide bonds. The van der Waals surface area contributed by atoms with Crippen molar-refractivity contribution < 1.29 is 14.3 Å². The van der Waals surface area contributed by atoms with Crippen molar-refractivity contribution in [2.45, 2.75) is 6.23 Å². The Kier molecular flexibility index (Phi) is 1.97. The number of rotatable bonds is 1. The van der Waals surface area contributed by atoms with Gasteiger partial charge in [0, 0.05) is 0 Å². The van der Waals surface area contributed by atoms with Crippen LogP contribution in [0.4, 0.5) is 4.79 Å². The van der Waals surface area contributed by atoms with Gasteiger partial charge in [-0.1, -0.05) is 0 Å². The van der Waals surface area contributed by atoms with Crippen LogP contribution in [0.5, 0.6) is 0 Å². The second-order valence-corrected chi connectivity index (χ2v) is 3.72. The van der Waals surface area contributed by atoms with Crippen molar-refractivity contribution in [1.29, 1.82) is 0 Å². The molecule has 1 atom stereocenters. The highest BCUT2D eigenvalue weighted by Crippen LogP contribution is 2.17. The molecule has 8 heteroatoms. The Morgan fingerprint density at radius 1 is 1.62 bits per heavy atom. The molecule has 0 radical (unpaired) electrons. The van der Waals surface area contributed by atoms with Crippen LogP contribution < -0.4 is 4.87 Å². The average molecular weight is 223 g/mol. The van der Waals surface area contributed by atoms with E-state index in [0.717, 1.165) is 16.0 Å². The summed E-state index contributed by atoms with van der Waals surface area (Å²) in [5.41, 5.74) is 0. The third-order valence-electron chi connectivity index (χ3n) is 1.39. The predicted molar refractivity (Wildman–Crippen MR) is 42.9 cm³/mol. The van der Waals surface area contributed by atoms with Gasteiger partial charge in [0.05, 0.1) is 0 Å². The van der Waals surface area contributed by atoms with Gasteiger partial charge >= 0.3 is 11.0 Å². The summed E-state index contributed by atoms with van der Waals surface area (Å²) in [6.45, 7) is -0.0151. The van der Waals surface area contributed by atoms with Crippen LogP contribution >= 0.6 is 22.9 Å². The van der Waals surface area contributed by atoms with Crippen molar-refractivity contribution in [3.8, 4) is 0 Å². The molecule has 1 aliphatic heterocycles. The van der Waals surface area contributed by atoms with Gasteiger partial charge in [0.15, 0.2) is 6.61 Å². The number of carbonyl (C=O) groups excluding carboxylic acids is 1. The molecule has 13 heavy (non-hydrogen) atoms. The van der Waals surface area contributed by atoms with Crippen LogP contribution in [0.25, 0.3) is 0 Å². The number of aromatic nitrogens is 2. The minimum atomic E-state index is -0.805. The fourth-order valence-electron chi connectivity index (χ4n) is 0.886. The van der Waals surface area contributed by atoms with Gasteiger partial charge in [0.2, 0.25) is 10.7 Å². The maximum atomic E-state index is 11.1. The number of hydrogen-bond acceptors (Lipinski definition) is 6. The highest BCUT2D eigenvalue weighted by atomic mass is 35.5. The Morgan fingerprint density at radius 3 is 2.85 bits per heavy atom. The predicted octanol–water partition coefficient (Wildman–Crippen LogP) is 0.624. The van der Waals surface area contributed by atoms with Crippen LogP contribution in [-0.4, -0.2) is 22.5 Å². The number of halogens is 1. The zero-order valence-electron chi connectivity index (χ0n) is 6.10. The largest absolute Gasteiger partial charge is 0.510 e. The van der Waals surface area contributed by atoms with Crippen molar-refractivity contribution >= 4 is 29.1 Å². The van der Waals surface area contributed by atoms with E-state index in [1.165, 1.54) is 0 Å². The van der Waals surface area contributed by atoms with E-state index in [-0.39, 0.29) is 15.9 Å². The molecule has 1 saturated heterocycles. The first kappa shape index (κ1) is 8.52. The Labute approximate surface area is 80.6 Å². The molecule has 0 bridgehead atoms. The first-order valence-corrected chi connectivity index (χ1v) is 4.45. The minimum Gasteiger partial charge on any atom is -0.428 e. The number of carbonyl (C=O) groups is 1.